The Morgan fingerprint density at radius 1 is 1.32 bits per heavy atom. The van der Waals surface area contributed by atoms with Gasteiger partial charge in [0.15, 0.2) is 0 Å². The highest BCUT2D eigenvalue weighted by Gasteiger charge is 2.13. The zero-order valence-corrected chi connectivity index (χ0v) is 12.5. The van der Waals surface area contributed by atoms with Crippen LogP contribution in [0.25, 0.3) is 0 Å². The highest BCUT2D eigenvalue weighted by Crippen LogP contribution is 2.18. The van der Waals surface area contributed by atoms with Gasteiger partial charge < -0.3 is 15.3 Å². The topological polar surface area (TPSA) is 65.5 Å². The number of pyridine rings is 1. The highest BCUT2D eigenvalue weighted by molar-refractivity contribution is 5.92. The van der Waals surface area contributed by atoms with Gasteiger partial charge >= 0.3 is 0 Å². The molecule has 1 atom stereocenters. The van der Waals surface area contributed by atoms with Crippen molar-refractivity contribution in [1.82, 2.24) is 10.3 Å². The van der Waals surface area contributed by atoms with Crippen LogP contribution in [0.1, 0.15) is 22.2 Å². The monoisotopic (exact) mass is 303 g/mol. The molecule has 0 aliphatic carbocycles. The molecule has 116 valence electrons. The van der Waals surface area contributed by atoms with Crippen molar-refractivity contribution >= 4 is 11.7 Å². The smallest absolute Gasteiger partial charge is 0.269 e. The quantitative estimate of drug-likeness (QED) is 0.883. The molecule has 2 N–H and O–H groups in total. The number of aliphatic hydroxyl groups excluding tert-OH is 1. The number of hydrogen-bond donors (Lipinski definition) is 2. The van der Waals surface area contributed by atoms with Crippen molar-refractivity contribution in [3.8, 4) is 0 Å². The molecular formula is C16H18FN3O2. The van der Waals surface area contributed by atoms with Gasteiger partial charge in [0.05, 0.1) is 6.10 Å². The van der Waals surface area contributed by atoms with Gasteiger partial charge in [-0.2, -0.15) is 0 Å². The lowest BCUT2D eigenvalue weighted by molar-refractivity contribution is 0.0958. The molecule has 1 amide bonds. The maximum absolute atomic E-state index is 12.9. The molecule has 1 aromatic heterocycles. The van der Waals surface area contributed by atoms with E-state index in [1.165, 1.54) is 12.1 Å². The van der Waals surface area contributed by atoms with E-state index in [1.54, 1.807) is 49.3 Å². The molecule has 1 aromatic carbocycles. The molecule has 0 unspecified atom stereocenters. The lowest BCUT2D eigenvalue weighted by atomic mass is 10.1. The second kappa shape index (κ2) is 7.00. The largest absolute Gasteiger partial charge is 0.387 e. The van der Waals surface area contributed by atoms with Gasteiger partial charge in [0.1, 0.15) is 17.3 Å². The van der Waals surface area contributed by atoms with Crippen molar-refractivity contribution in [1.29, 1.82) is 0 Å². The van der Waals surface area contributed by atoms with Crippen LogP contribution in [0.5, 0.6) is 0 Å². The summed E-state index contributed by atoms with van der Waals surface area (Å²) in [7, 11) is 3.31. The van der Waals surface area contributed by atoms with Gasteiger partial charge in [-0.05, 0) is 29.8 Å². The molecule has 5 nitrogen and oxygen atoms in total. The summed E-state index contributed by atoms with van der Waals surface area (Å²) in [6.45, 7) is 0.274. The Balaban J connectivity index is 2.09. The summed E-state index contributed by atoms with van der Waals surface area (Å²) in [5, 5.41) is 12.7. The number of hydrogen-bond acceptors (Lipinski definition) is 4. The maximum atomic E-state index is 12.9. The molecular weight excluding hydrogens is 285 g/mol. The van der Waals surface area contributed by atoms with Gasteiger partial charge in [-0.25, -0.2) is 9.37 Å². The molecule has 2 aromatic rings. The first-order valence-electron chi connectivity index (χ1n) is 6.85. The SMILES string of the molecule is CNC(=O)c1cccc(N(C)C[C@H](O)c2ccc(F)cc2)n1. The van der Waals surface area contributed by atoms with E-state index in [0.29, 0.717) is 17.1 Å². The van der Waals surface area contributed by atoms with Crippen molar-refractivity contribution in [3.63, 3.8) is 0 Å². The molecule has 0 aliphatic rings. The summed E-state index contributed by atoms with van der Waals surface area (Å²) in [4.78, 5) is 17.6. The number of carbonyl (C=O) groups excluding carboxylic acids is 1. The molecule has 0 bridgehead atoms. The number of aliphatic hydroxyl groups is 1. The minimum atomic E-state index is -0.781. The van der Waals surface area contributed by atoms with Gasteiger partial charge in [-0.1, -0.05) is 18.2 Å². The zero-order chi connectivity index (χ0) is 16.1. The fourth-order valence-corrected chi connectivity index (χ4v) is 2.03. The second-order valence-corrected chi connectivity index (χ2v) is 4.91. The fourth-order valence-electron chi connectivity index (χ4n) is 2.03. The minimum absolute atomic E-state index is 0.269. The van der Waals surface area contributed by atoms with E-state index >= 15 is 0 Å². The lowest BCUT2D eigenvalue weighted by Crippen LogP contribution is -2.26. The number of amides is 1. The number of likely N-dealkylation sites (N-methyl/N-ethyl adjacent to an activating group) is 1. The van der Waals surface area contributed by atoms with E-state index in [9.17, 15) is 14.3 Å². The van der Waals surface area contributed by atoms with Crippen LogP contribution >= 0.6 is 0 Å². The van der Waals surface area contributed by atoms with E-state index in [1.807, 2.05) is 0 Å². The van der Waals surface area contributed by atoms with Crippen LogP contribution < -0.4 is 10.2 Å². The first kappa shape index (κ1) is 15.9. The number of nitrogens with zero attached hydrogens (tertiary/aromatic N) is 2. The van der Waals surface area contributed by atoms with Crippen LogP contribution in [0.2, 0.25) is 0 Å². The predicted molar refractivity (Wildman–Crippen MR) is 82.3 cm³/mol. The molecule has 0 fully saturated rings. The van der Waals surface area contributed by atoms with Crippen LogP contribution in [-0.4, -0.2) is 36.6 Å². The first-order valence-corrected chi connectivity index (χ1v) is 6.85. The third-order valence-corrected chi connectivity index (χ3v) is 3.29. The Bertz CT molecular complexity index is 646. The molecule has 0 saturated carbocycles. The Morgan fingerprint density at radius 3 is 2.64 bits per heavy atom. The van der Waals surface area contributed by atoms with E-state index in [4.69, 9.17) is 0 Å². The molecule has 0 saturated heterocycles. The third kappa shape index (κ3) is 3.79. The zero-order valence-electron chi connectivity index (χ0n) is 12.5. The van der Waals surface area contributed by atoms with Gasteiger partial charge in [0, 0.05) is 20.6 Å². The van der Waals surface area contributed by atoms with Crippen molar-refractivity contribution in [3.05, 3.63) is 59.5 Å². The van der Waals surface area contributed by atoms with E-state index in [-0.39, 0.29) is 18.3 Å². The van der Waals surface area contributed by atoms with Crippen molar-refractivity contribution in [2.75, 3.05) is 25.5 Å². The van der Waals surface area contributed by atoms with E-state index in [0.717, 1.165) is 0 Å². The Labute approximate surface area is 128 Å². The van der Waals surface area contributed by atoms with Crippen LogP contribution in [0.15, 0.2) is 42.5 Å². The van der Waals surface area contributed by atoms with Gasteiger partial charge in [-0.15, -0.1) is 0 Å². The van der Waals surface area contributed by atoms with Crippen LogP contribution in [0, 0.1) is 5.82 Å². The maximum Gasteiger partial charge on any atom is 0.269 e. The number of anilines is 1. The number of benzene rings is 1. The molecule has 22 heavy (non-hydrogen) atoms. The Morgan fingerprint density at radius 2 is 2.00 bits per heavy atom. The van der Waals surface area contributed by atoms with Gasteiger partial charge in [0.2, 0.25) is 0 Å². The van der Waals surface area contributed by atoms with Crippen LogP contribution in [0.3, 0.4) is 0 Å². The van der Waals surface area contributed by atoms with Crippen LogP contribution in [-0.2, 0) is 0 Å². The number of halogens is 1. The third-order valence-electron chi connectivity index (χ3n) is 3.29. The van der Waals surface area contributed by atoms with E-state index < -0.39 is 6.10 Å². The molecule has 2 rings (SSSR count). The molecule has 6 heteroatoms. The molecule has 0 radical (unpaired) electrons. The normalized spacial score (nSPS) is 11.8. The molecule has 1 heterocycles. The summed E-state index contributed by atoms with van der Waals surface area (Å²) in [5.74, 6) is -0.0409. The lowest BCUT2D eigenvalue weighted by Gasteiger charge is -2.22. The predicted octanol–water partition coefficient (Wildman–Crippen LogP) is 1.75. The van der Waals surface area contributed by atoms with Gasteiger partial charge in [-0.3, -0.25) is 4.79 Å². The van der Waals surface area contributed by atoms with Crippen molar-refractivity contribution < 1.29 is 14.3 Å². The fraction of sp³-hybridized carbons (Fsp3) is 0.250. The number of carbonyl (C=O) groups is 1. The summed E-state index contributed by atoms with van der Waals surface area (Å²) < 4.78 is 12.9. The van der Waals surface area contributed by atoms with Crippen molar-refractivity contribution in [2.24, 2.45) is 0 Å². The summed E-state index contributed by atoms with van der Waals surface area (Å²) >= 11 is 0. The summed E-state index contributed by atoms with van der Waals surface area (Å²) in [6.07, 6.45) is -0.781. The Hall–Kier alpha value is -2.47. The summed E-state index contributed by atoms with van der Waals surface area (Å²) in [5.41, 5.74) is 0.929. The standard InChI is InChI=1S/C16H18FN3O2/c1-18-16(22)13-4-3-5-15(19-13)20(2)10-14(21)11-6-8-12(17)9-7-11/h3-9,14,21H,10H2,1-2H3,(H,18,22)/t14-/m0/s1. The minimum Gasteiger partial charge on any atom is -0.387 e. The number of aromatic nitrogens is 1. The number of nitrogens with one attached hydrogen (secondary N) is 1. The molecule has 0 spiro atoms. The van der Waals surface area contributed by atoms with Crippen LogP contribution in [0.4, 0.5) is 10.2 Å². The average molecular weight is 303 g/mol. The molecule has 0 aliphatic heterocycles. The average Bonchev–Trinajstić information content (AvgIpc) is 2.54. The highest BCUT2D eigenvalue weighted by atomic mass is 19.1. The summed E-state index contributed by atoms with van der Waals surface area (Å²) in [6, 6.07) is 10.8. The van der Waals surface area contributed by atoms with Gasteiger partial charge in [0.25, 0.3) is 5.91 Å². The second-order valence-electron chi connectivity index (χ2n) is 4.91. The first-order chi connectivity index (χ1) is 10.5. The van der Waals surface area contributed by atoms with E-state index in [2.05, 4.69) is 10.3 Å². The Kier molecular flexibility index (Phi) is 5.06. The number of rotatable bonds is 5. The van der Waals surface area contributed by atoms with Crippen molar-refractivity contribution in [2.45, 2.75) is 6.10 Å².